The molecule has 2 aromatic heterocycles. The van der Waals surface area contributed by atoms with Crippen LogP contribution in [0.4, 0.5) is 14.6 Å². The summed E-state index contributed by atoms with van der Waals surface area (Å²) < 4.78 is 38.0. The van der Waals surface area contributed by atoms with E-state index in [9.17, 15) is 4.79 Å². The number of carbonyl (C=O) groups is 1. The van der Waals surface area contributed by atoms with Crippen molar-refractivity contribution in [3.05, 3.63) is 53.7 Å². The summed E-state index contributed by atoms with van der Waals surface area (Å²) in [6.45, 7) is 7.95. The molecule has 0 bridgehead atoms. The molecule has 3 aliphatic rings. The smallest absolute Gasteiger partial charge is 0.319 e. The number of piperazine rings is 1. The lowest BCUT2D eigenvalue weighted by molar-refractivity contribution is -0.126. The SMILES string of the molecule is C=CC(=O)N1CCN(c2nc(OCC3CCN(C4CC4)CC3)nc3c(F)c(-c4c(F)ccc5[nH]ncc45)c(Cl)cc23)CC1. The number of halogens is 3. The minimum atomic E-state index is -0.762. The van der Waals surface area contributed by atoms with Crippen molar-refractivity contribution in [1.82, 2.24) is 30.0 Å². The first-order chi connectivity index (χ1) is 20.9. The van der Waals surface area contributed by atoms with Crippen LogP contribution in [-0.4, -0.2) is 87.8 Å². The van der Waals surface area contributed by atoms with E-state index in [0.29, 0.717) is 60.8 Å². The zero-order chi connectivity index (χ0) is 29.7. The number of aromatic amines is 1. The highest BCUT2D eigenvalue weighted by Gasteiger charge is 2.32. The number of hydrogen-bond donors (Lipinski definition) is 1. The molecule has 1 aliphatic carbocycles. The number of fused-ring (bicyclic) bond motifs is 2. The quantitative estimate of drug-likeness (QED) is 0.289. The molecule has 2 saturated heterocycles. The molecule has 2 aliphatic heterocycles. The predicted molar refractivity (Wildman–Crippen MR) is 161 cm³/mol. The van der Waals surface area contributed by atoms with Crippen molar-refractivity contribution in [3.8, 4) is 17.1 Å². The van der Waals surface area contributed by atoms with Gasteiger partial charge in [-0.25, -0.2) is 8.78 Å². The highest BCUT2D eigenvalue weighted by Crippen LogP contribution is 2.42. The molecule has 4 aromatic rings. The predicted octanol–water partition coefficient (Wildman–Crippen LogP) is 5.19. The molecule has 3 fully saturated rings. The van der Waals surface area contributed by atoms with Gasteiger partial charge in [0, 0.05) is 54.1 Å². The van der Waals surface area contributed by atoms with E-state index in [0.717, 1.165) is 32.0 Å². The molecule has 43 heavy (non-hydrogen) atoms. The number of nitrogens with zero attached hydrogens (tertiary/aromatic N) is 6. The van der Waals surface area contributed by atoms with Gasteiger partial charge in [-0.05, 0) is 69.0 Å². The topological polar surface area (TPSA) is 90.5 Å². The monoisotopic (exact) mass is 607 g/mol. The molecule has 7 rings (SSSR count). The Labute approximate surface area is 252 Å². The van der Waals surface area contributed by atoms with Crippen molar-refractivity contribution in [2.45, 2.75) is 31.7 Å². The number of ether oxygens (including phenoxy) is 1. The van der Waals surface area contributed by atoms with Gasteiger partial charge in [0.05, 0.1) is 23.3 Å². The molecule has 12 heteroatoms. The van der Waals surface area contributed by atoms with Gasteiger partial charge in [0.1, 0.15) is 17.2 Å². The minimum absolute atomic E-state index is 0.00699. The van der Waals surface area contributed by atoms with Gasteiger partial charge in [-0.3, -0.25) is 9.89 Å². The highest BCUT2D eigenvalue weighted by molar-refractivity contribution is 6.35. The third-order valence-corrected chi connectivity index (χ3v) is 9.19. The Kier molecular flexibility index (Phi) is 7.38. The van der Waals surface area contributed by atoms with Gasteiger partial charge in [0.25, 0.3) is 0 Å². The summed E-state index contributed by atoms with van der Waals surface area (Å²) in [6, 6.07) is 5.20. The fraction of sp³-hybridized carbons (Fsp3) is 0.419. The maximum absolute atomic E-state index is 16.6. The third-order valence-electron chi connectivity index (χ3n) is 8.89. The summed E-state index contributed by atoms with van der Waals surface area (Å²) >= 11 is 6.71. The maximum Gasteiger partial charge on any atom is 0.319 e. The number of carbonyl (C=O) groups excluding carboxylic acids is 1. The molecule has 1 N–H and O–H groups in total. The average molecular weight is 608 g/mol. The fourth-order valence-corrected chi connectivity index (χ4v) is 6.61. The van der Waals surface area contributed by atoms with E-state index in [1.54, 1.807) is 17.0 Å². The zero-order valence-corrected chi connectivity index (χ0v) is 24.4. The summed E-state index contributed by atoms with van der Waals surface area (Å²) in [5.74, 6) is -0.714. The maximum atomic E-state index is 16.6. The largest absolute Gasteiger partial charge is 0.463 e. The number of amides is 1. The van der Waals surface area contributed by atoms with Crippen molar-refractivity contribution in [2.75, 3.05) is 50.8 Å². The number of nitrogens with one attached hydrogen (secondary N) is 1. The van der Waals surface area contributed by atoms with E-state index in [4.69, 9.17) is 21.3 Å². The number of rotatable bonds is 7. The molecule has 0 unspecified atom stereocenters. The second kappa shape index (κ2) is 11.3. The van der Waals surface area contributed by atoms with Gasteiger partial charge >= 0.3 is 6.01 Å². The van der Waals surface area contributed by atoms with E-state index in [-0.39, 0.29) is 33.6 Å². The van der Waals surface area contributed by atoms with Crippen LogP contribution >= 0.6 is 11.6 Å². The van der Waals surface area contributed by atoms with Crippen molar-refractivity contribution < 1.29 is 18.3 Å². The lowest BCUT2D eigenvalue weighted by Crippen LogP contribution is -2.48. The van der Waals surface area contributed by atoms with E-state index >= 15 is 8.78 Å². The average Bonchev–Trinajstić information content (AvgIpc) is 3.77. The van der Waals surface area contributed by atoms with Crippen LogP contribution in [0.15, 0.2) is 37.1 Å². The van der Waals surface area contributed by atoms with Crippen LogP contribution < -0.4 is 9.64 Å². The van der Waals surface area contributed by atoms with Gasteiger partial charge in [-0.2, -0.15) is 15.1 Å². The first-order valence-corrected chi connectivity index (χ1v) is 15.1. The molecule has 1 saturated carbocycles. The molecule has 2 aromatic carbocycles. The molecule has 1 amide bonds. The van der Waals surface area contributed by atoms with E-state index in [1.807, 2.05) is 4.90 Å². The summed E-state index contributed by atoms with van der Waals surface area (Å²) in [5.41, 5.74) is 0.465. The fourth-order valence-electron chi connectivity index (χ4n) is 6.32. The lowest BCUT2D eigenvalue weighted by Gasteiger charge is -2.35. The van der Waals surface area contributed by atoms with Crippen LogP contribution in [0, 0.1) is 17.6 Å². The second-order valence-corrected chi connectivity index (χ2v) is 12.0. The number of anilines is 1. The Hall–Kier alpha value is -3.83. The molecule has 0 atom stereocenters. The molecule has 9 nitrogen and oxygen atoms in total. The van der Waals surface area contributed by atoms with Crippen molar-refractivity contribution in [1.29, 1.82) is 0 Å². The van der Waals surface area contributed by atoms with Crippen LogP contribution in [0.3, 0.4) is 0 Å². The third kappa shape index (κ3) is 5.29. The second-order valence-electron chi connectivity index (χ2n) is 11.6. The van der Waals surface area contributed by atoms with Crippen LogP contribution in [0.1, 0.15) is 25.7 Å². The van der Waals surface area contributed by atoms with Crippen LogP contribution in [0.5, 0.6) is 6.01 Å². The number of benzene rings is 2. The Bertz CT molecular complexity index is 1710. The van der Waals surface area contributed by atoms with Crippen molar-refractivity contribution >= 4 is 45.1 Å². The Balaban J connectivity index is 1.26. The number of likely N-dealkylation sites (tertiary alicyclic amines) is 1. The van der Waals surface area contributed by atoms with Crippen LogP contribution in [0.2, 0.25) is 5.02 Å². The molecule has 4 heterocycles. The first-order valence-electron chi connectivity index (χ1n) is 14.8. The number of aromatic nitrogens is 4. The first kappa shape index (κ1) is 28.0. The lowest BCUT2D eigenvalue weighted by atomic mass is 9.98. The van der Waals surface area contributed by atoms with Crippen LogP contribution in [0.25, 0.3) is 32.9 Å². The summed E-state index contributed by atoms with van der Waals surface area (Å²) in [6.07, 6.45) is 7.39. The van der Waals surface area contributed by atoms with E-state index in [1.165, 1.54) is 31.2 Å². The summed E-state index contributed by atoms with van der Waals surface area (Å²) in [4.78, 5) is 27.7. The van der Waals surface area contributed by atoms with Gasteiger partial charge in [0.15, 0.2) is 5.82 Å². The number of hydrogen-bond acceptors (Lipinski definition) is 7. The highest BCUT2D eigenvalue weighted by atomic mass is 35.5. The molecule has 0 spiro atoms. The van der Waals surface area contributed by atoms with Gasteiger partial charge < -0.3 is 19.4 Å². The molecule has 224 valence electrons. The normalized spacial score (nSPS) is 18.5. The van der Waals surface area contributed by atoms with Crippen molar-refractivity contribution in [3.63, 3.8) is 0 Å². The zero-order valence-electron chi connectivity index (χ0n) is 23.7. The summed E-state index contributed by atoms with van der Waals surface area (Å²) in [7, 11) is 0. The van der Waals surface area contributed by atoms with E-state index < -0.39 is 11.6 Å². The Morgan fingerprint density at radius 1 is 1.05 bits per heavy atom. The summed E-state index contributed by atoms with van der Waals surface area (Å²) in [5, 5.41) is 7.63. The van der Waals surface area contributed by atoms with Gasteiger partial charge in [-0.15, -0.1) is 0 Å². The molecule has 0 radical (unpaired) electrons. The number of H-pyrrole nitrogens is 1. The Morgan fingerprint density at radius 3 is 2.53 bits per heavy atom. The minimum Gasteiger partial charge on any atom is -0.463 e. The standard InChI is InChI=1S/C31H32ClF2N7O2/c1-2-25(42)40-11-13-41(14-12-40)30-20-15-22(32)27(26-21-16-35-38-24(21)6-5-23(26)33)28(34)29(20)36-31(37-30)43-17-18-7-9-39(10-8-18)19-3-4-19/h2,5-6,15-16,18-19H,1,3-4,7-14,17H2,(H,35,38). The Morgan fingerprint density at radius 2 is 1.81 bits per heavy atom. The molecular weight excluding hydrogens is 576 g/mol. The van der Waals surface area contributed by atoms with Gasteiger partial charge in [-0.1, -0.05) is 18.2 Å². The number of piperidine rings is 1. The van der Waals surface area contributed by atoms with E-state index in [2.05, 4.69) is 26.7 Å². The van der Waals surface area contributed by atoms with Gasteiger partial charge in [0.2, 0.25) is 5.91 Å². The van der Waals surface area contributed by atoms with Crippen molar-refractivity contribution in [2.24, 2.45) is 5.92 Å². The molecular formula is C31H32ClF2N7O2. The van der Waals surface area contributed by atoms with Crippen LogP contribution in [-0.2, 0) is 4.79 Å².